The molecule has 1 heterocycles. The zero-order valence-corrected chi connectivity index (χ0v) is 21.8. The van der Waals surface area contributed by atoms with Gasteiger partial charge < -0.3 is 10.1 Å². The topological polar surface area (TPSA) is 122 Å². The van der Waals surface area contributed by atoms with Crippen LogP contribution in [0, 0.1) is 13.8 Å². The zero-order valence-electron chi connectivity index (χ0n) is 18.5. The number of hydrogen-bond acceptors (Lipinski definition) is 7. The molecule has 0 unspecified atom stereocenters. The monoisotopic (exact) mass is 563 g/mol. The lowest BCUT2D eigenvalue weighted by Crippen LogP contribution is -2.34. The lowest BCUT2D eigenvalue weighted by atomic mass is 10.2. The van der Waals surface area contributed by atoms with Crippen molar-refractivity contribution in [3.8, 4) is 5.75 Å². The number of benzene rings is 2. The number of aromatic nitrogens is 2. The summed E-state index contributed by atoms with van der Waals surface area (Å²) in [6, 6.07) is 12.7. The first-order valence-corrected chi connectivity index (χ1v) is 12.8. The van der Waals surface area contributed by atoms with Gasteiger partial charge in [0.1, 0.15) is 5.75 Å². The second-order valence-corrected chi connectivity index (χ2v) is 10.1. The first-order chi connectivity index (χ1) is 16.1. The number of sulfonamides is 1. The summed E-state index contributed by atoms with van der Waals surface area (Å²) in [6.45, 7) is 5.74. The lowest BCUT2D eigenvalue weighted by molar-refractivity contribution is 0.0974. The third-order valence-corrected chi connectivity index (χ3v) is 6.39. The normalized spacial score (nSPS) is 10.9. The van der Waals surface area contributed by atoms with Crippen molar-refractivity contribution in [1.82, 2.24) is 15.3 Å². The summed E-state index contributed by atoms with van der Waals surface area (Å²) in [7, 11) is -3.89. The predicted molar refractivity (Wildman–Crippen MR) is 138 cm³/mol. The molecule has 0 aliphatic rings. The van der Waals surface area contributed by atoms with Crippen LogP contribution in [-0.2, 0) is 10.0 Å². The number of carbonyl (C=O) groups excluding carboxylic acids is 1. The van der Waals surface area contributed by atoms with E-state index in [-0.39, 0.29) is 16.0 Å². The molecule has 0 spiro atoms. The summed E-state index contributed by atoms with van der Waals surface area (Å²) in [5.41, 5.74) is 2.11. The largest absolute Gasteiger partial charge is 0.493 e. The summed E-state index contributed by atoms with van der Waals surface area (Å²) in [5.74, 6) is -0.0116. The Morgan fingerprint density at radius 2 is 1.71 bits per heavy atom. The molecular weight excluding hydrogens is 542 g/mol. The van der Waals surface area contributed by atoms with Crippen LogP contribution in [0.5, 0.6) is 5.75 Å². The fourth-order valence-electron chi connectivity index (χ4n) is 2.96. The van der Waals surface area contributed by atoms with Crippen molar-refractivity contribution in [1.29, 1.82) is 0 Å². The molecule has 0 aliphatic heterocycles. The Hall–Kier alpha value is -3.09. The van der Waals surface area contributed by atoms with Gasteiger partial charge in [-0.05, 0) is 81.5 Å². The molecule has 3 aromatic rings. The minimum atomic E-state index is -3.89. The number of nitrogens with one attached hydrogen (secondary N) is 3. The summed E-state index contributed by atoms with van der Waals surface area (Å²) in [6.07, 6.45) is 0. The molecule has 178 valence electrons. The Bertz CT molecular complexity index is 1310. The number of thiocarbonyl (C=S) groups is 1. The van der Waals surface area contributed by atoms with Crippen LogP contribution in [0.4, 0.5) is 11.6 Å². The van der Waals surface area contributed by atoms with Crippen molar-refractivity contribution in [3.63, 3.8) is 0 Å². The van der Waals surface area contributed by atoms with Gasteiger partial charge in [0, 0.05) is 21.5 Å². The van der Waals surface area contributed by atoms with Gasteiger partial charge in [-0.25, -0.2) is 23.1 Å². The quantitative estimate of drug-likeness (QED) is 0.366. The first kappa shape index (κ1) is 25.5. The highest BCUT2D eigenvalue weighted by Crippen LogP contribution is 2.23. The Labute approximate surface area is 211 Å². The molecule has 0 saturated heterocycles. The number of anilines is 2. The van der Waals surface area contributed by atoms with E-state index in [1.165, 1.54) is 24.3 Å². The number of aryl methyl sites for hydroxylation is 2. The fourth-order valence-corrected chi connectivity index (χ4v) is 4.48. The Balaban J connectivity index is 1.67. The highest BCUT2D eigenvalue weighted by molar-refractivity contribution is 9.10. The van der Waals surface area contributed by atoms with Crippen molar-refractivity contribution in [2.24, 2.45) is 0 Å². The molecule has 12 heteroatoms. The van der Waals surface area contributed by atoms with E-state index in [9.17, 15) is 13.2 Å². The third-order valence-electron chi connectivity index (χ3n) is 4.34. The van der Waals surface area contributed by atoms with Gasteiger partial charge in [0.05, 0.1) is 17.1 Å². The highest BCUT2D eigenvalue weighted by Gasteiger charge is 2.17. The molecule has 34 heavy (non-hydrogen) atoms. The number of carbonyl (C=O) groups is 1. The van der Waals surface area contributed by atoms with Crippen LogP contribution in [0.25, 0.3) is 0 Å². The molecular formula is C22H22BrN5O4S2. The maximum Gasteiger partial charge on any atom is 0.264 e. The first-order valence-electron chi connectivity index (χ1n) is 10.1. The second-order valence-electron chi connectivity index (χ2n) is 7.09. The molecule has 9 nitrogen and oxygen atoms in total. The number of hydrogen-bond donors (Lipinski definition) is 3. The Morgan fingerprint density at radius 1 is 1.06 bits per heavy atom. The molecule has 2 aromatic carbocycles. The molecule has 0 radical (unpaired) electrons. The van der Waals surface area contributed by atoms with Crippen molar-refractivity contribution in [3.05, 3.63) is 70.0 Å². The molecule has 0 fully saturated rings. The van der Waals surface area contributed by atoms with Gasteiger partial charge in [-0.3, -0.25) is 10.1 Å². The molecule has 0 atom stereocenters. The number of halogens is 1. The lowest BCUT2D eigenvalue weighted by Gasteiger charge is -2.13. The summed E-state index contributed by atoms with van der Waals surface area (Å²) in [4.78, 5) is 20.9. The van der Waals surface area contributed by atoms with Crippen LogP contribution < -0.4 is 20.1 Å². The predicted octanol–water partition coefficient (Wildman–Crippen LogP) is 4.18. The van der Waals surface area contributed by atoms with E-state index >= 15 is 0 Å². The zero-order chi connectivity index (χ0) is 24.9. The van der Waals surface area contributed by atoms with Gasteiger partial charge in [-0.1, -0.05) is 15.9 Å². The van der Waals surface area contributed by atoms with E-state index < -0.39 is 15.9 Å². The van der Waals surface area contributed by atoms with Gasteiger partial charge in [0.25, 0.3) is 15.9 Å². The van der Waals surface area contributed by atoms with E-state index in [0.717, 1.165) is 4.47 Å². The van der Waals surface area contributed by atoms with E-state index in [4.69, 9.17) is 17.0 Å². The minimum Gasteiger partial charge on any atom is -0.493 e. The van der Waals surface area contributed by atoms with Gasteiger partial charge in [-0.2, -0.15) is 0 Å². The minimum absolute atomic E-state index is 0.00237. The summed E-state index contributed by atoms with van der Waals surface area (Å²) in [5, 5.41) is 5.50. The van der Waals surface area contributed by atoms with Crippen molar-refractivity contribution in [2.75, 3.05) is 16.6 Å². The molecule has 0 bridgehead atoms. The smallest absolute Gasteiger partial charge is 0.264 e. The van der Waals surface area contributed by atoms with Gasteiger partial charge in [0.2, 0.25) is 5.95 Å². The van der Waals surface area contributed by atoms with Crippen LogP contribution in [0.15, 0.2) is 57.9 Å². The number of nitrogens with zero attached hydrogens (tertiary/aromatic N) is 2. The standard InChI is InChI=1S/C22H22BrN5O4S2/c1-4-32-19-10-5-15(23)12-18(19)20(29)27-22(33)26-16-6-8-17(9-7-16)34(30,31)28-21-24-13(2)11-14(3)25-21/h5-12H,4H2,1-3H3,(H,24,25,28)(H2,26,27,29,33). The molecule has 3 rings (SSSR count). The van der Waals surface area contributed by atoms with Crippen LogP contribution in [0.3, 0.4) is 0 Å². The van der Waals surface area contributed by atoms with Crippen LogP contribution >= 0.6 is 28.1 Å². The summed E-state index contributed by atoms with van der Waals surface area (Å²) < 4.78 is 33.9. The molecule has 1 amide bonds. The molecule has 1 aromatic heterocycles. The van der Waals surface area contributed by atoms with E-state index in [2.05, 4.69) is 41.3 Å². The van der Waals surface area contributed by atoms with Crippen molar-refractivity contribution < 1.29 is 17.9 Å². The van der Waals surface area contributed by atoms with Crippen LogP contribution in [0.1, 0.15) is 28.7 Å². The maximum absolute atomic E-state index is 12.7. The average Bonchev–Trinajstić information content (AvgIpc) is 2.74. The Kier molecular flexibility index (Phi) is 8.18. The summed E-state index contributed by atoms with van der Waals surface area (Å²) >= 11 is 8.57. The van der Waals surface area contributed by atoms with Gasteiger partial charge in [0.15, 0.2) is 5.11 Å². The second kappa shape index (κ2) is 10.9. The Morgan fingerprint density at radius 3 is 2.32 bits per heavy atom. The maximum atomic E-state index is 12.7. The van der Waals surface area contributed by atoms with Gasteiger partial charge >= 0.3 is 0 Å². The third kappa shape index (κ3) is 6.72. The highest BCUT2D eigenvalue weighted by atomic mass is 79.9. The van der Waals surface area contributed by atoms with Crippen LogP contribution in [-0.4, -0.2) is 36.0 Å². The SMILES string of the molecule is CCOc1ccc(Br)cc1C(=O)NC(=S)Nc1ccc(S(=O)(=O)Nc2nc(C)cc(C)n2)cc1. The average molecular weight is 564 g/mol. The van der Waals surface area contributed by atoms with E-state index in [0.29, 0.717) is 35.0 Å². The van der Waals surface area contributed by atoms with Crippen LogP contribution in [0.2, 0.25) is 0 Å². The van der Waals surface area contributed by atoms with E-state index in [1.54, 1.807) is 38.1 Å². The van der Waals surface area contributed by atoms with Gasteiger partial charge in [-0.15, -0.1) is 0 Å². The number of ether oxygens (including phenoxy) is 1. The van der Waals surface area contributed by atoms with Crippen molar-refractivity contribution in [2.45, 2.75) is 25.7 Å². The molecule has 0 aliphatic carbocycles. The van der Waals surface area contributed by atoms with Crippen molar-refractivity contribution >= 4 is 60.8 Å². The molecule has 0 saturated carbocycles. The number of rotatable bonds is 7. The van der Waals surface area contributed by atoms with E-state index in [1.807, 2.05) is 6.92 Å². The fraction of sp³-hybridized carbons (Fsp3) is 0.182. The molecule has 3 N–H and O–H groups in total. The number of amides is 1.